The van der Waals surface area contributed by atoms with Crippen LogP contribution in [0.5, 0.6) is 0 Å². The second-order valence-electron chi connectivity index (χ2n) is 4.65. The summed E-state index contributed by atoms with van der Waals surface area (Å²) in [5.74, 6) is 0. The van der Waals surface area contributed by atoms with Gasteiger partial charge in [0.1, 0.15) is 24.4 Å². The predicted molar refractivity (Wildman–Crippen MR) is 66.1 cm³/mol. The summed E-state index contributed by atoms with van der Waals surface area (Å²) in [6, 6.07) is 9.03. The number of aliphatic hydroxyl groups excluding tert-OH is 5. The highest BCUT2D eigenvalue weighted by atomic mass is 16.7. The number of hydrogen-bond acceptors (Lipinski definition) is 7. The summed E-state index contributed by atoms with van der Waals surface area (Å²) >= 11 is 0. The molecule has 1 aliphatic rings. The van der Waals surface area contributed by atoms with E-state index in [1.165, 1.54) is 0 Å². The lowest BCUT2D eigenvalue weighted by Crippen LogP contribution is -2.60. The topological polar surface area (TPSA) is 120 Å². The molecule has 0 radical (unpaired) electrons. The van der Waals surface area contributed by atoms with Crippen LogP contribution >= 0.6 is 0 Å². The molecule has 0 spiro atoms. The molecule has 0 amide bonds. The van der Waals surface area contributed by atoms with Crippen LogP contribution in [0, 0.1) is 0 Å². The van der Waals surface area contributed by atoms with Crippen LogP contribution in [0.1, 0.15) is 5.56 Å². The van der Waals surface area contributed by atoms with E-state index in [-0.39, 0.29) is 6.61 Å². The Kier molecular flexibility index (Phi) is 5.06. The zero-order chi connectivity index (χ0) is 14.7. The molecule has 0 saturated carbocycles. The SMILES string of the molecule is OC(OCc1ccccc1)[C@H]1O[C@H](O)[C@H](O)[C@@H](O)[C@H]1O. The van der Waals surface area contributed by atoms with Crippen molar-refractivity contribution in [3.63, 3.8) is 0 Å². The third-order valence-corrected chi connectivity index (χ3v) is 3.17. The number of ether oxygens (including phenoxy) is 2. The average Bonchev–Trinajstić information content (AvgIpc) is 2.47. The fourth-order valence-corrected chi connectivity index (χ4v) is 1.97. The van der Waals surface area contributed by atoms with Crippen molar-refractivity contribution in [3.8, 4) is 0 Å². The molecule has 1 heterocycles. The van der Waals surface area contributed by atoms with E-state index in [1.54, 1.807) is 24.3 Å². The van der Waals surface area contributed by atoms with Crippen LogP contribution < -0.4 is 0 Å². The van der Waals surface area contributed by atoms with Crippen LogP contribution in [0.15, 0.2) is 30.3 Å². The molecular weight excluding hydrogens is 268 g/mol. The molecule has 1 unspecified atom stereocenters. The predicted octanol–water partition coefficient (Wildman–Crippen LogP) is -1.68. The third kappa shape index (κ3) is 3.33. The second kappa shape index (κ2) is 6.59. The Labute approximate surface area is 115 Å². The zero-order valence-electron chi connectivity index (χ0n) is 10.6. The summed E-state index contributed by atoms with van der Waals surface area (Å²) < 4.78 is 9.99. The molecule has 1 saturated heterocycles. The van der Waals surface area contributed by atoms with Gasteiger partial charge in [-0.1, -0.05) is 30.3 Å². The summed E-state index contributed by atoms with van der Waals surface area (Å²) in [6.07, 6.45) is -9.44. The number of rotatable bonds is 4. The van der Waals surface area contributed by atoms with E-state index in [2.05, 4.69) is 0 Å². The molecule has 6 atom stereocenters. The molecule has 20 heavy (non-hydrogen) atoms. The van der Waals surface area contributed by atoms with Gasteiger partial charge < -0.3 is 35.0 Å². The van der Waals surface area contributed by atoms with Gasteiger partial charge in [0, 0.05) is 0 Å². The molecule has 1 aromatic rings. The van der Waals surface area contributed by atoms with Crippen molar-refractivity contribution in [2.45, 2.75) is 43.6 Å². The van der Waals surface area contributed by atoms with Crippen LogP contribution in [0.2, 0.25) is 0 Å². The first-order chi connectivity index (χ1) is 9.50. The van der Waals surface area contributed by atoms with Gasteiger partial charge in [-0.15, -0.1) is 0 Å². The summed E-state index contributed by atoms with van der Waals surface area (Å²) in [7, 11) is 0. The Morgan fingerprint density at radius 2 is 1.65 bits per heavy atom. The second-order valence-corrected chi connectivity index (χ2v) is 4.65. The van der Waals surface area contributed by atoms with Crippen LogP contribution in [-0.4, -0.2) is 62.5 Å². The summed E-state index contributed by atoms with van der Waals surface area (Å²) in [4.78, 5) is 0. The maximum Gasteiger partial charge on any atom is 0.184 e. The minimum atomic E-state index is -1.70. The lowest BCUT2D eigenvalue weighted by molar-refractivity contribution is -0.324. The van der Waals surface area contributed by atoms with E-state index in [0.29, 0.717) is 0 Å². The molecule has 0 bridgehead atoms. The molecule has 0 aliphatic carbocycles. The van der Waals surface area contributed by atoms with Gasteiger partial charge in [-0.2, -0.15) is 0 Å². The fraction of sp³-hybridized carbons (Fsp3) is 0.538. The molecule has 1 aliphatic heterocycles. The lowest BCUT2D eigenvalue weighted by Gasteiger charge is -2.39. The van der Waals surface area contributed by atoms with E-state index >= 15 is 0 Å². The van der Waals surface area contributed by atoms with E-state index in [1.807, 2.05) is 6.07 Å². The van der Waals surface area contributed by atoms with Crippen molar-refractivity contribution >= 4 is 0 Å². The fourth-order valence-electron chi connectivity index (χ4n) is 1.97. The summed E-state index contributed by atoms with van der Waals surface area (Å²) in [6.45, 7) is 0.0727. The molecule has 112 valence electrons. The molecule has 7 heteroatoms. The van der Waals surface area contributed by atoms with Crippen LogP contribution in [0.25, 0.3) is 0 Å². The van der Waals surface area contributed by atoms with Crippen LogP contribution in [-0.2, 0) is 16.1 Å². The maximum absolute atomic E-state index is 9.82. The van der Waals surface area contributed by atoms with Gasteiger partial charge in [0.05, 0.1) is 6.61 Å². The first kappa shape index (κ1) is 15.3. The standard InChI is InChI=1S/C13H18O7/c14-8-9(15)11(20-12(17)10(8)16)13(18)19-6-7-4-2-1-3-5-7/h1-5,8-18H,6H2/t8-,9+,10+,11-,12-,13?/m0/s1. The summed E-state index contributed by atoms with van der Waals surface area (Å²) in [5, 5.41) is 47.7. The number of benzene rings is 1. The summed E-state index contributed by atoms with van der Waals surface area (Å²) in [5.41, 5.74) is 0.804. The molecule has 5 N–H and O–H groups in total. The Morgan fingerprint density at radius 3 is 2.30 bits per heavy atom. The first-order valence-corrected chi connectivity index (χ1v) is 6.22. The van der Waals surface area contributed by atoms with Gasteiger partial charge in [0.2, 0.25) is 0 Å². The highest BCUT2D eigenvalue weighted by Crippen LogP contribution is 2.23. The Balaban J connectivity index is 1.93. The van der Waals surface area contributed by atoms with Gasteiger partial charge in [0.15, 0.2) is 12.6 Å². The largest absolute Gasteiger partial charge is 0.387 e. The van der Waals surface area contributed by atoms with Gasteiger partial charge in [-0.25, -0.2) is 0 Å². The van der Waals surface area contributed by atoms with Crippen molar-refractivity contribution in [2.75, 3.05) is 0 Å². The normalized spacial score (nSPS) is 35.8. The Morgan fingerprint density at radius 1 is 1.00 bits per heavy atom. The van der Waals surface area contributed by atoms with Gasteiger partial charge in [-0.3, -0.25) is 0 Å². The lowest BCUT2D eigenvalue weighted by atomic mass is 9.98. The molecule has 1 aromatic carbocycles. The molecule has 1 fully saturated rings. The van der Waals surface area contributed by atoms with E-state index < -0.39 is 37.0 Å². The smallest absolute Gasteiger partial charge is 0.184 e. The minimum Gasteiger partial charge on any atom is -0.387 e. The highest BCUT2D eigenvalue weighted by Gasteiger charge is 2.46. The van der Waals surface area contributed by atoms with E-state index in [4.69, 9.17) is 9.47 Å². The van der Waals surface area contributed by atoms with E-state index in [9.17, 15) is 25.5 Å². The average molecular weight is 286 g/mol. The Bertz CT molecular complexity index is 412. The quantitative estimate of drug-likeness (QED) is 0.419. The van der Waals surface area contributed by atoms with Crippen molar-refractivity contribution in [1.82, 2.24) is 0 Å². The Hall–Kier alpha value is -1.06. The number of hydrogen-bond donors (Lipinski definition) is 5. The van der Waals surface area contributed by atoms with Gasteiger partial charge in [0.25, 0.3) is 0 Å². The monoisotopic (exact) mass is 286 g/mol. The maximum atomic E-state index is 9.82. The van der Waals surface area contributed by atoms with Crippen molar-refractivity contribution < 1.29 is 35.0 Å². The van der Waals surface area contributed by atoms with Gasteiger partial charge in [-0.05, 0) is 5.56 Å². The van der Waals surface area contributed by atoms with Crippen molar-refractivity contribution in [1.29, 1.82) is 0 Å². The van der Waals surface area contributed by atoms with Crippen LogP contribution in [0.4, 0.5) is 0 Å². The van der Waals surface area contributed by atoms with E-state index in [0.717, 1.165) is 5.56 Å². The first-order valence-electron chi connectivity index (χ1n) is 6.22. The van der Waals surface area contributed by atoms with Crippen molar-refractivity contribution in [2.24, 2.45) is 0 Å². The molecule has 2 rings (SSSR count). The number of aliphatic hydroxyl groups is 5. The third-order valence-electron chi connectivity index (χ3n) is 3.17. The minimum absolute atomic E-state index is 0.0727. The molecule has 7 nitrogen and oxygen atoms in total. The van der Waals surface area contributed by atoms with Crippen molar-refractivity contribution in [3.05, 3.63) is 35.9 Å². The zero-order valence-corrected chi connectivity index (χ0v) is 10.6. The van der Waals surface area contributed by atoms with Gasteiger partial charge >= 0.3 is 0 Å². The molecule has 0 aromatic heterocycles. The highest BCUT2D eigenvalue weighted by molar-refractivity contribution is 5.13. The molecular formula is C13H18O7. The van der Waals surface area contributed by atoms with Crippen LogP contribution in [0.3, 0.4) is 0 Å².